The van der Waals surface area contributed by atoms with E-state index in [0.29, 0.717) is 0 Å². The topological polar surface area (TPSA) is 17.8 Å². The number of nitrogens with zero attached hydrogens (tertiary/aromatic N) is 2. The molecule has 0 bridgehead atoms. The highest BCUT2D eigenvalue weighted by Crippen LogP contribution is 2.33. The predicted molar refractivity (Wildman–Crippen MR) is 68.1 cm³/mol. The Labute approximate surface area is 103 Å². The fourth-order valence-electron chi connectivity index (χ4n) is 1.91. The van der Waals surface area contributed by atoms with Crippen LogP contribution in [0.2, 0.25) is 0 Å². The largest absolute Gasteiger partial charge is 0.263 e. The summed E-state index contributed by atoms with van der Waals surface area (Å²) >= 11 is 3.46. The van der Waals surface area contributed by atoms with E-state index in [9.17, 15) is 0 Å². The molecule has 1 saturated carbocycles. The molecule has 0 aliphatic heterocycles. The van der Waals surface area contributed by atoms with Crippen molar-refractivity contribution in [2.24, 2.45) is 5.92 Å². The maximum absolute atomic E-state index is 4.50. The number of halogens is 1. The van der Waals surface area contributed by atoms with Crippen molar-refractivity contribution >= 4 is 15.9 Å². The van der Waals surface area contributed by atoms with Gasteiger partial charge in [0.1, 0.15) is 4.60 Å². The van der Waals surface area contributed by atoms with Crippen molar-refractivity contribution in [1.82, 2.24) is 9.78 Å². The molecule has 0 saturated heterocycles. The Hall–Kier alpha value is -1.09. The molecule has 3 rings (SSSR count). The first-order valence-electron chi connectivity index (χ1n) is 5.62. The van der Waals surface area contributed by atoms with Crippen LogP contribution in [0.25, 0.3) is 11.3 Å². The first-order chi connectivity index (χ1) is 7.83. The Bertz CT molecular complexity index is 486. The zero-order valence-electron chi connectivity index (χ0n) is 8.94. The Balaban J connectivity index is 1.98. The highest BCUT2D eigenvalue weighted by Gasteiger charge is 2.23. The summed E-state index contributed by atoms with van der Waals surface area (Å²) in [6.07, 6.45) is 2.71. The molecule has 1 aliphatic carbocycles. The lowest BCUT2D eigenvalue weighted by Crippen LogP contribution is -2.03. The number of aromatic nitrogens is 2. The minimum absolute atomic E-state index is 0.842. The van der Waals surface area contributed by atoms with Crippen molar-refractivity contribution in [2.45, 2.75) is 19.4 Å². The van der Waals surface area contributed by atoms with Gasteiger partial charge in [0.15, 0.2) is 0 Å². The fourth-order valence-corrected chi connectivity index (χ4v) is 2.32. The van der Waals surface area contributed by atoms with Gasteiger partial charge in [-0.1, -0.05) is 30.3 Å². The van der Waals surface area contributed by atoms with Gasteiger partial charge in [-0.3, -0.25) is 4.68 Å². The minimum Gasteiger partial charge on any atom is -0.263 e. The van der Waals surface area contributed by atoms with Crippen LogP contribution in [0.4, 0.5) is 0 Å². The van der Waals surface area contributed by atoms with Crippen molar-refractivity contribution < 1.29 is 0 Å². The van der Waals surface area contributed by atoms with E-state index >= 15 is 0 Å². The molecular weight excluding hydrogens is 264 g/mol. The van der Waals surface area contributed by atoms with E-state index in [1.54, 1.807) is 0 Å². The van der Waals surface area contributed by atoms with E-state index < -0.39 is 0 Å². The standard InChI is InChI=1S/C13H13BrN2/c14-13-8-12(11-4-2-1-3-5-11)16(15-13)9-10-6-7-10/h1-5,8,10H,6-7,9H2. The average Bonchev–Trinajstić information content (AvgIpc) is 3.03. The molecule has 0 radical (unpaired) electrons. The van der Waals surface area contributed by atoms with Crippen LogP contribution in [0, 0.1) is 5.92 Å². The molecule has 1 fully saturated rings. The van der Waals surface area contributed by atoms with Crippen molar-refractivity contribution in [3.05, 3.63) is 41.0 Å². The second kappa shape index (κ2) is 4.06. The lowest BCUT2D eigenvalue weighted by Gasteiger charge is -2.06. The van der Waals surface area contributed by atoms with Crippen molar-refractivity contribution in [3.8, 4) is 11.3 Å². The van der Waals surface area contributed by atoms with E-state index in [2.05, 4.69) is 56.0 Å². The molecule has 0 amide bonds. The van der Waals surface area contributed by atoms with Gasteiger partial charge in [0.25, 0.3) is 0 Å². The first-order valence-corrected chi connectivity index (χ1v) is 6.41. The number of hydrogen-bond donors (Lipinski definition) is 0. The molecule has 1 aliphatic rings. The van der Waals surface area contributed by atoms with Gasteiger partial charge < -0.3 is 0 Å². The van der Waals surface area contributed by atoms with Gasteiger partial charge in [0.05, 0.1) is 5.69 Å². The summed E-state index contributed by atoms with van der Waals surface area (Å²) in [5.41, 5.74) is 2.45. The highest BCUT2D eigenvalue weighted by atomic mass is 79.9. The summed E-state index contributed by atoms with van der Waals surface area (Å²) in [6.45, 7) is 1.05. The maximum Gasteiger partial charge on any atom is 0.128 e. The summed E-state index contributed by atoms with van der Waals surface area (Å²) in [4.78, 5) is 0. The Morgan fingerprint density at radius 1 is 1.25 bits per heavy atom. The van der Waals surface area contributed by atoms with Crippen LogP contribution in [0.5, 0.6) is 0 Å². The predicted octanol–water partition coefficient (Wildman–Crippen LogP) is 3.72. The third-order valence-electron chi connectivity index (χ3n) is 2.95. The quantitative estimate of drug-likeness (QED) is 0.836. The van der Waals surface area contributed by atoms with E-state index in [-0.39, 0.29) is 0 Å². The zero-order chi connectivity index (χ0) is 11.0. The molecular formula is C13H13BrN2. The van der Waals surface area contributed by atoms with Crippen LogP contribution >= 0.6 is 15.9 Å². The minimum atomic E-state index is 0.842. The lowest BCUT2D eigenvalue weighted by molar-refractivity contribution is 0.566. The molecule has 1 aromatic heterocycles. The monoisotopic (exact) mass is 276 g/mol. The molecule has 0 atom stereocenters. The van der Waals surface area contributed by atoms with E-state index in [0.717, 1.165) is 17.1 Å². The molecule has 3 heteroatoms. The first kappa shape index (κ1) is 10.1. The molecule has 82 valence electrons. The SMILES string of the molecule is Brc1cc(-c2ccccc2)n(CC2CC2)n1. The van der Waals surface area contributed by atoms with Gasteiger partial charge in [-0.25, -0.2) is 0 Å². The van der Waals surface area contributed by atoms with Crippen molar-refractivity contribution in [3.63, 3.8) is 0 Å². The van der Waals surface area contributed by atoms with Crippen molar-refractivity contribution in [1.29, 1.82) is 0 Å². The Morgan fingerprint density at radius 2 is 2.00 bits per heavy atom. The van der Waals surface area contributed by atoms with E-state index in [1.165, 1.54) is 24.1 Å². The maximum atomic E-state index is 4.50. The second-order valence-corrected chi connectivity index (χ2v) is 5.16. The van der Waals surface area contributed by atoms with E-state index in [1.807, 2.05) is 6.07 Å². The number of benzene rings is 1. The van der Waals surface area contributed by atoms with Crippen LogP contribution in [0.3, 0.4) is 0 Å². The van der Waals surface area contributed by atoms with Gasteiger partial charge in [-0.05, 0) is 46.3 Å². The fraction of sp³-hybridized carbons (Fsp3) is 0.308. The molecule has 16 heavy (non-hydrogen) atoms. The summed E-state index contributed by atoms with van der Waals surface area (Å²) < 4.78 is 3.05. The molecule has 2 nitrogen and oxygen atoms in total. The average molecular weight is 277 g/mol. The Kier molecular flexibility index (Phi) is 2.56. The summed E-state index contributed by atoms with van der Waals surface area (Å²) in [5.74, 6) is 0.842. The van der Waals surface area contributed by atoms with Gasteiger partial charge in [0.2, 0.25) is 0 Å². The summed E-state index contributed by atoms with van der Waals surface area (Å²) in [7, 11) is 0. The number of rotatable bonds is 3. The smallest absolute Gasteiger partial charge is 0.128 e. The third-order valence-corrected chi connectivity index (χ3v) is 3.34. The molecule has 1 heterocycles. The van der Waals surface area contributed by atoms with E-state index in [4.69, 9.17) is 0 Å². The highest BCUT2D eigenvalue weighted by molar-refractivity contribution is 9.10. The molecule has 0 N–H and O–H groups in total. The second-order valence-electron chi connectivity index (χ2n) is 4.34. The Morgan fingerprint density at radius 3 is 2.69 bits per heavy atom. The van der Waals surface area contributed by atoms with Crippen LogP contribution in [-0.4, -0.2) is 9.78 Å². The van der Waals surface area contributed by atoms with Crippen molar-refractivity contribution in [2.75, 3.05) is 0 Å². The van der Waals surface area contributed by atoms with Gasteiger partial charge >= 0.3 is 0 Å². The van der Waals surface area contributed by atoms with Crippen LogP contribution in [0.1, 0.15) is 12.8 Å². The van der Waals surface area contributed by atoms with Gasteiger partial charge in [-0.2, -0.15) is 5.10 Å². The normalized spacial score (nSPS) is 15.3. The van der Waals surface area contributed by atoms with Gasteiger partial charge in [-0.15, -0.1) is 0 Å². The molecule has 2 aromatic rings. The van der Waals surface area contributed by atoms with Crippen LogP contribution in [-0.2, 0) is 6.54 Å². The molecule has 1 aromatic carbocycles. The van der Waals surface area contributed by atoms with Crippen LogP contribution < -0.4 is 0 Å². The lowest BCUT2D eigenvalue weighted by atomic mass is 10.1. The third kappa shape index (κ3) is 2.05. The summed E-state index contributed by atoms with van der Waals surface area (Å²) in [5, 5.41) is 4.50. The molecule has 0 unspecified atom stereocenters. The van der Waals surface area contributed by atoms with Crippen LogP contribution in [0.15, 0.2) is 41.0 Å². The molecule has 0 spiro atoms. The number of hydrogen-bond acceptors (Lipinski definition) is 1. The zero-order valence-corrected chi connectivity index (χ0v) is 10.5. The summed E-state index contributed by atoms with van der Waals surface area (Å²) in [6, 6.07) is 12.5. The van der Waals surface area contributed by atoms with Gasteiger partial charge in [0, 0.05) is 6.54 Å².